The Morgan fingerprint density at radius 3 is 2.42 bits per heavy atom. The molecular weight excluding hydrogens is 496 g/mol. The highest BCUT2D eigenvalue weighted by atomic mass is 35.5. The van der Waals surface area contributed by atoms with Crippen molar-refractivity contribution < 1.29 is 8.42 Å². The van der Waals surface area contributed by atoms with Gasteiger partial charge in [0.2, 0.25) is 5.95 Å². The minimum atomic E-state index is -3.65. The number of pyridine rings is 2. The summed E-state index contributed by atoms with van der Waals surface area (Å²) in [5, 5.41) is 3.61. The third-order valence-corrected chi connectivity index (χ3v) is 8.59. The van der Waals surface area contributed by atoms with Gasteiger partial charge in [0.1, 0.15) is 4.90 Å². The van der Waals surface area contributed by atoms with Crippen LogP contribution in [0, 0.1) is 6.92 Å². The van der Waals surface area contributed by atoms with E-state index in [2.05, 4.69) is 44.2 Å². The molecule has 0 atom stereocenters. The zero-order valence-corrected chi connectivity index (χ0v) is 22.3. The topological polar surface area (TPSA) is 101 Å². The summed E-state index contributed by atoms with van der Waals surface area (Å²) in [6.45, 7) is 1.85. The molecule has 0 radical (unpaired) electrons. The van der Waals surface area contributed by atoms with Crippen molar-refractivity contribution in [3.05, 3.63) is 70.5 Å². The maximum Gasteiger partial charge on any atom is 0.222 e. The Balaban J connectivity index is 1.36. The molecule has 10 heteroatoms. The Morgan fingerprint density at radius 2 is 1.78 bits per heavy atom. The highest BCUT2D eigenvalue weighted by Gasteiger charge is 2.23. The molecule has 1 aliphatic rings. The highest BCUT2D eigenvalue weighted by molar-refractivity contribution is 7.90. The third kappa shape index (κ3) is 6.66. The molecule has 1 aliphatic carbocycles. The maximum atomic E-state index is 12.7. The fraction of sp³-hybridized carbons (Fsp3) is 0.385. The van der Waals surface area contributed by atoms with Crippen LogP contribution < -0.4 is 5.32 Å². The summed E-state index contributed by atoms with van der Waals surface area (Å²) in [5.74, 6) is 0.403. The van der Waals surface area contributed by atoms with E-state index in [-0.39, 0.29) is 15.7 Å². The molecule has 1 saturated carbocycles. The van der Waals surface area contributed by atoms with Crippen LogP contribution in [0.2, 0.25) is 5.02 Å². The second kappa shape index (κ2) is 11.5. The van der Waals surface area contributed by atoms with E-state index >= 15 is 0 Å². The average molecular weight is 527 g/mol. The minimum Gasteiger partial charge on any atom is -0.351 e. The van der Waals surface area contributed by atoms with Gasteiger partial charge in [-0.05, 0) is 64.4 Å². The van der Waals surface area contributed by atoms with Crippen LogP contribution in [0.15, 0.2) is 47.9 Å². The summed E-state index contributed by atoms with van der Waals surface area (Å²) in [4.78, 5) is 19.6. The lowest BCUT2D eigenvalue weighted by Crippen LogP contribution is -2.36. The zero-order valence-electron chi connectivity index (χ0n) is 20.7. The number of nitrogens with zero attached hydrogens (tertiary/aromatic N) is 5. The fourth-order valence-electron chi connectivity index (χ4n) is 4.35. The van der Waals surface area contributed by atoms with Gasteiger partial charge in [0.25, 0.3) is 0 Å². The lowest BCUT2D eigenvalue weighted by molar-refractivity contribution is 0.221. The van der Waals surface area contributed by atoms with E-state index in [0.29, 0.717) is 23.7 Å². The highest BCUT2D eigenvalue weighted by Crippen LogP contribution is 2.25. The summed E-state index contributed by atoms with van der Waals surface area (Å²) in [6, 6.07) is 6.10. The van der Waals surface area contributed by atoms with Crippen LogP contribution in [-0.4, -0.2) is 59.4 Å². The third-order valence-electron chi connectivity index (χ3n) is 6.48. The van der Waals surface area contributed by atoms with E-state index in [4.69, 9.17) is 11.6 Å². The molecule has 0 bridgehead atoms. The van der Waals surface area contributed by atoms with Gasteiger partial charge >= 0.3 is 0 Å². The molecule has 0 spiro atoms. The van der Waals surface area contributed by atoms with Crippen LogP contribution in [0.1, 0.15) is 48.2 Å². The second-order valence-electron chi connectivity index (χ2n) is 9.33. The standard InChI is InChI=1S/C26H31ClN6O2S/c1-18-20(6-7-22(31-18)17-36(34,35)25-16-28-13-12-24(25)27)5-4-19-14-29-26(30-15-19)32-21-8-10-23(11-9-21)33(2)3/h4-7,12-16,21,23H,8-11,17H2,1-3H3,(H,29,30,32)/b5-4+. The summed E-state index contributed by atoms with van der Waals surface area (Å²) < 4.78 is 25.4. The number of sulfone groups is 1. The molecule has 0 amide bonds. The molecule has 36 heavy (non-hydrogen) atoms. The molecule has 4 rings (SSSR count). The molecule has 3 heterocycles. The number of anilines is 1. The Kier molecular flexibility index (Phi) is 8.33. The average Bonchev–Trinajstić information content (AvgIpc) is 2.85. The molecule has 0 saturated heterocycles. The quantitative estimate of drug-likeness (QED) is 0.452. The van der Waals surface area contributed by atoms with E-state index in [1.165, 1.54) is 31.3 Å². The Hall–Kier alpha value is -2.88. The number of hydrogen-bond acceptors (Lipinski definition) is 8. The summed E-state index contributed by atoms with van der Waals surface area (Å²) in [7, 11) is 0.637. The largest absolute Gasteiger partial charge is 0.351 e. The van der Waals surface area contributed by atoms with Gasteiger partial charge < -0.3 is 10.2 Å². The molecule has 8 nitrogen and oxygen atoms in total. The van der Waals surface area contributed by atoms with Crippen molar-refractivity contribution in [1.82, 2.24) is 24.8 Å². The molecule has 0 unspecified atom stereocenters. The molecule has 3 aromatic rings. The van der Waals surface area contributed by atoms with Gasteiger partial charge in [-0.1, -0.05) is 29.8 Å². The SMILES string of the molecule is Cc1nc(CS(=O)(=O)c2cnccc2Cl)ccc1/C=C/c1cnc(NC2CCC(N(C)C)CC2)nc1. The van der Waals surface area contributed by atoms with E-state index in [1.54, 1.807) is 18.5 Å². The van der Waals surface area contributed by atoms with E-state index in [1.807, 2.05) is 25.1 Å². The van der Waals surface area contributed by atoms with Gasteiger partial charge in [0.05, 0.1) is 16.5 Å². The van der Waals surface area contributed by atoms with Crippen molar-refractivity contribution in [2.75, 3.05) is 19.4 Å². The van der Waals surface area contributed by atoms with Crippen LogP contribution in [0.5, 0.6) is 0 Å². The zero-order chi connectivity index (χ0) is 25.7. The molecule has 1 fully saturated rings. The number of aryl methyl sites for hydroxylation is 1. The number of hydrogen-bond donors (Lipinski definition) is 1. The number of nitrogens with one attached hydrogen (secondary N) is 1. The summed E-state index contributed by atoms with van der Waals surface area (Å²) in [6.07, 6.45) is 14.7. The van der Waals surface area contributed by atoms with Crippen molar-refractivity contribution in [3.8, 4) is 0 Å². The van der Waals surface area contributed by atoms with Crippen molar-refractivity contribution in [1.29, 1.82) is 0 Å². The Morgan fingerprint density at radius 1 is 1.06 bits per heavy atom. The number of rotatable bonds is 8. The normalized spacial score (nSPS) is 18.6. The first-order valence-electron chi connectivity index (χ1n) is 11.9. The van der Waals surface area contributed by atoms with Crippen molar-refractivity contribution >= 4 is 39.5 Å². The minimum absolute atomic E-state index is 0.00859. The van der Waals surface area contributed by atoms with E-state index in [0.717, 1.165) is 29.7 Å². The summed E-state index contributed by atoms with van der Waals surface area (Å²) >= 11 is 6.04. The molecule has 0 aliphatic heterocycles. The first-order valence-corrected chi connectivity index (χ1v) is 14.0. The second-order valence-corrected chi connectivity index (χ2v) is 11.7. The van der Waals surface area contributed by atoms with Crippen molar-refractivity contribution in [2.45, 2.75) is 55.3 Å². The number of aromatic nitrogens is 4. The van der Waals surface area contributed by atoms with Gasteiger partial charge in [-0.3, -0.25) is 9.97 Å². The van der Waals surface area contributed by atoms with Crippen molar-refractivity contribution in [2.24, 2.45) is 0 Å². The van der Waals surface area contributed by atoms with Crippen molar-refractivity contribution in [3.63, 3.8) is 0 Å². The first kappa shape index (κ1) is 26.2. The van der Waals surface area contributed by atoms with Gasteiger partial charge in [0.15, 0.2) is 9.84 Å². The molecular formula is C26H31ClN6O2S. The maximum absolute atomic E-state index is 12.7. The van der Waals surface area contributed by atoms with Crippen LogP contribution in [-0.2, 0) is 15.6 Å². The van der Waals surface area contributed by atoms with Crippen LogP contribution in [0.3, 0.4) is 0 Å². The first-order chi connectivity index (χ1) is 17.2. The monoisotopic (exact) mass is 526 g/mol. The van der Waals surface area contributed by atoms with Gasteiger partial charge in [-0.25, -0.2) is 18.4 Å². The molecule has 0 aromatic carbocycles. The summed E-state index contributed by atoms with van der Waals surface area (Å²) in [5.41, 5.74) is 2.93. The molecule has 1 N–H and O–H groups in total. The fourth-order valence-corrected chi connectivity index (χ4v) is 6.10. The Bertz CT molecular complexity index is 1320. The van der Waals surface area contributed by atoms with Crippen LogP contribution >= 0.6 is 11.6 Å². The smallest absolute Gasteiger partial charge is 0.222 e. The van der Waals surface area contributed by atoms with E-state index < -0.39 is 9.84 Å². The lowest BCUT2D eigenvalue weighted by Gasteiger charge is -2.32. The van der Waals surface area contributed by atoms with Gasteiger partial charge in [-0.15, -0.1) is 0 Å². The van der Waals surface area contributed by atoms with E-state index in [9.17, 15) is 8.42 Å². The lowest BCUT2D eigenvalue weighted by atomic mass is 9.91. The molecule has 190 valence electrons. The van der Waals surface area contributed by atoms with Gasteiger partial charge in [0, 0.05) is 48.1 Å². The van der Waals surface area contributed by atoms with Crippen LogP contribution in [0.4, 0.5) is 5.95 Å². The van der Waals surface area contributed by atoms with Gasteiger partial charge in [-0.2, -0.15) is 0 Å². The Labute approximate surface area is 217 Å². The van der Waals surface area contributed by atoms with Crippen LogP contribution in [0.25, 0.3) is 12.2 Å². The number of halogens is 1. The predicted octanol–water partition coefficient (Wildman–Crippen LogP) is 4.66. The predicted molar refractivity (Wildman–Crippen MR) is 143 cm³/mol. The molecule has 3 aromatic heterocycles.